The highest BCUT2D eigenvalue weighted by Crippen LogP contribution is 2.10. The normalized spacial score (nSPS) is 20.9. The van der Waals surface area contributed by atoms with E-state index in [1.807, 2.05) is 12.2 Å². The van der Waals surface area contributed by atoms with Gasteiger partial charge in [-0.25, -0.2) is 10.0 Å². The average Bonchev–Trinajstić information content (AvgIpc) is 2.33. The van der Waals surface area contributed by atoms with Crippen molar-refractivity contribution in [2.24, 2.45) is 0 Å². The summed E-state index contributed by atoms with van der Waals surface area (Å²) in [6.07, 6.45) is 7.91. The van der Waals surface area contributed by atoms with Crippen LogP contribution in [0.1, 0.15) is 19.3 Å². The Bertz CT molecular complexity index is 147. The number of nitrogens with zero attached hydrogens (tertiary/aromatic N) is 2. The SMILES string of the molecule is C=CCN1CCCCCN1CC=C. The minimum absolute atomic E-state index is 0.966. The van der Waals surface area contributed by atoms with Crippen molar-refractivity contribution in [1.29, 1.82) is 0 Å². The van der Waals surface area contributed by atoms with Gasteiger partial charge < -0.3 is 0 Å². The molecule has 74 valence electrons. The van der Waals surface area contributed by atoms with E-state index in [4.69, 9.17) is 0 Å². The molecule has 0 aliphatic carbocycles. The maximum absolute atomic E-state index is 3.79. The zero-order valence-corrected chi connectivity index (χ0v) is 8.41. The standard InChI is InChI=1S/C11H20N2/c1-3-8-12-10-6-5-7-11-13(12)9-4-2/h3-4H,1-2,5-11H2. The summed E-state index contributed by atoms with van der Waals surface area (Å²) < 4.78 is 0. The molecule has 2 heteroatoms. The summed E-state index contributed by atoms with van der Waals surface area (Å²) >= 11 is 0. The first kappa shape index (κ1) is 10.5. The lowest BCUT2D eigenvalue weighted by molar-refractivity contribution is 0.00612. The molecule has 1 heterocycles. The predicted molar refractivity (Wildman–Crippen MR) is 57.4 cm³/mol. The van der Waals surface area contributed by atoms with Crippen LogP contribution in [0, 0.1) is 0 Å². The Balaban J connectivity index is 2.49. The second-order valence-corrected chi connectivity index (χ2v) is 3.46. The zero-order chi connectivity index (χ0) is 9.52. The summed E-state index contributed by atoms with van der Waals surface area (Å²) in [5.74, 6) is 0. The Labute approximate surface area is 81.5 Å². The van der Waals surface area contributed by atoms with Crippen LogP contribution in [0.3, 0.4) is 0 Å². The van der Waals surface area contributed by atoms with Gasteiger partial charge in [0, 0.05) is 26.2 Å². The van der Waals surface area contributed by atoms with Gasteiger partial charge >= 0.3 is 0 Å². The van der Waals surface area contributed by atoms with Gasteiger partial charge in [-0.05, 0) is 12.8 Å². The molecule has 1 aliphatic heterocycles. The largest absolute Gasteiger partial charge is 0.238 e. The van der Waals surface area contributed by atoms with Crippen LogP contribution in [0.25, 0.3) is 0 Å². The van der Waals surface area contributed by atoms with Crippen LogP contribution < -0.4 is 0 Å². The van der Waals surface area contributed by atoms with Crippen molar-refractivity contribution in [3.63, 3.8) is 0 Å². The number of hydrazine groups is 1. The molecule has 0 radical (unpaired) electrons. The first-order chi connectivity index (χ1) is 6.38. The summed E-state index contributed by atoms with van der Waals surface area (Å²) in [6.45, 7) is 11.8. The lowest BCUT2D eigenvalue weighted by Crippen LogP contribution is -2.42. The molecule has 0 aromatic carbocycles. The van der Waals surface area contributed by atoms with Crippen LogP contribution >= 0.6 is 0 Å². The maximum atomic E-state index is 3.79. The summed E-state index contributed by atoms with van der Waals surface area (Å²) in [5.41, 5.74) is 0. The van der Waals surface area contributed by atoms with E-state index in [1.54, 1.807) is 0 Å². The molecule has 1 saturated heterocycles. The van der Waals surface area contributed by atoms with Gasteiger partial charge in [0.1, 0.15) is 0 Å². The molecule has 0 atom stereocenters. The summed E-state index contributed by atoms with van der Waals surface area (Å²) in [5, 5.41) is 4.75. The minimum Gasteiger partial charge on any atom is -0.238 e. The van der Waals surface area contributed by atoms with Gasteiger partial charge in [0.25, 0.3) is 0 Å². The predicted octanol–water partition coefficient (Wildman–Crippen LogP) is 2.06. The van der Waals surface area contributed by atoms with E-state index in [1.165, 1.54) is 32.4 Å². The molecule has 0 bridgehead atoms. The number of hydrogen-bond donors (Lipinski definition) is 0. The molecule has 0 aromatic rings. The van der Waals surface area contributed by atoms with Crippen molar-refractivity contribution in [3.05, 3.63) is 25.3 Å². The maximum Gasteiger partial charge on any atom is 0.0311 e. The van der Waals surface area contributed by atoms with E-state index < -0.39 is 0 Å². The van der Waals surface area contributed by atoms with Crippen molar-refractivity contribution in [2.75, 3.05) is 26.2 Å². The molecule has 1 rings (SSSR count). The van der Waals surface area contributed by atoms with Gasteiger partial charge in [-0.1, -0.05) is 18.6 Å². The van der Waals surface area contributed by atoms with Crippen molar-refractivity contribution >= 4 is 0 Å². The number of rotatable bonds is 4. The summed E-state index contributed by atoms with van der Waals surface area (Å²) in [6, 6.07) is 0. The highest BCUT2D eigenvalue weighted by molar-refractivity contribution is 4.78. The third-order valence-corrected chi connectivity index (χ3v) is 2.41. The molecule has 0 unspecified atom stereocenters. The van der Waals surface area contributed by atoms with Gasteiger partial charge in [-0.15, -0.1) is 13.2 Å². The lowest BCUT2D eigenvalue weighted by Gasteiger charge is -2.31. The van der Waals surface area contributed by atoms with Crippen LogP contribution in [0.15, 0.2) is 25.3 Å². The van der Waals surface area contributed by atoms with Gasteiger partial charge in [0.2, 0.25) is 0 Å². The Hall–Kier alpha value is -0.600. The molecule has 2 nitrogen and oxygen atoms in total. The minimum atomic E-state index is 0.966. The van der Waals surface area contributed by atoms with E-state index in [0.29, 0.717) is 0 Å². The van der Waals surface area contributed by atoms with Crippen LogP contribution in [0.5, 0.6) is 0 Å². The third kappa shape index (κ3) is 3.33. The highest BCUT2D eigenvalue weighted by atomic mass is 15.6. The van der Waals surface area contributed by atoms with Gasteiger partial charge in [0.15, 0.2) is 0 Å². The first-order valence-electron chi connectivity index (χ1n) is 5.10. The molecular weight excluding hydrogens is 160 g/mol. The van der Waals surface area contributed by atoms with Crippen LogP contribution in [-0.2, 0) is 0 Å². The van der Waals surface area contributed by atoms with Crippen molar-refractivity contribution in [2.45, 2.75) is 19.3 Å². The van der Waals surface area contributed by atoms with Crippen molar-refractivity contribution < 1.29 is 0 Å². The van der Waals surface area contributed by atoms with E-state index in [0.717, 1.165) is 13.1 Å². The molecule has 0 N–H and O–H groups in total. The molecule has 13 heavy (non-hydrogen) atoms. The smallest absolute Gasteiger partial charge is 0.0311 e. The second kappa shape index (κ2) is 5.95. The average molecular weight is 180 g/mol. The Kier molecular flexibility index (Phi) is 4.79. The lowest BCUT2D eigenvalue weighted by atomic mass is 10.2. The second-order valence-electron chi connectivity index (χ2n) is 3.46. The zero-order valence-electron chi connectivity index (χ0n) is 8.41. The monoisotopic (exact) mass is 180 g/mol. The first-order valence-corrected chi connectivity index (χ1v) is 5.10. The van der Waals surface area contributed by atoms with E-state index in [2.05, 4.69) is 23.2 Å². The number of hydrogen-bond acceptors (Lipinski definition) is 2. The molecule has 1 aliphatic rings. The van der Waals surface area contributed by atoms with E-state index in [9.17, 15) is 0 Å². The van der Waals surface area contributed by atoms with Gasteiger partial charge in [-0.2, -0.15) is 0 Å². The fourth-order valence-corrected chi connectivity index (χ4v) is 1.76. The summed E-state index contributed by atoms with van der Waals surface area (Å²) in [7, 11) is 0. The molecule has 1 fully saturated rings. The van der Waals surface area contributed by atoms with Crippen molar-refractivity contribution in [3.8, 4) is 0 Å². The van der Waals surface area contributed by atoms with Crippen molar-refractivity contribution in [1.82, 2.24) is 10.0 Å². The molecule has 0 aromatic heterocycles. The Morgan fingerprint density at radius 2 is 1.31 bits per heavy atom. The Morgan fingerprint density at radius 3 is 1.69 bits per heavy atom. The molecule has 0 spiro atoms. The fraction of sp³-hybridized carbons (Fsp3) is 0.636. The van der Waals surface area contributed by atoms with Gasteiger partial charge in [-0.3, -0.25) is 0 Å². The topological polar surface area (TPSA) is 6.48 Å². The Morgan fingerprint density at radius 1 is 0.846 bits per heavy atom. The van der Waals surface area contributed by atoms with Gasteiger partial charge in [0.05, 0.1) is 0 Å². The quantitative estimate of drug-likeness (QED) is 0.611. The highest BCUT2D eigenvalue weighted by Gasteiger charge is 2.14. The van der Waals surface area contributed by atoms with E-state index >= 15 is 0 Å². The molecule has 0 saturated carbocycles. The fourth-order valence-electron chi connectivity index (χ4n) is 1.76. The van der Waals surface area contributed by atoms with Crippen LogP contribution in [0.2, 0.25) is 0 Å². The third-order valence-electron chi connectivity index (χ3n) is 2.41. The van der Waals surface area contributed by atoms with Crippen LogP contribution in [-0.4, -0.2) is 36.2 Å². The molecule has 0 amide bonds. The summed E-state index contributed by atoms with van der Waals surface area (Å²) in [4.78, 5) is 0. The molecular formula is C11H20N2. The van der Waals surface area contributed by atoms with E-state index in [-0.39, 0.29) is 0 Å². The van der Waals surface area contributed by atoms with Crippen LogP contribution in [0.4, 0.5) is 0 Å².